The van der Waals surface area contributed by atoms with E-state index in [1.807, 2.05) is 46.8 Å². The maximum atomic E-state index is 12.2. The van der Waals surface area contributed by atoms with E-state index in [0.29, 0.717) is 13.1 Å². The number of amides is 1. The zero-order chi connectivity index (χ0) is 16.9. The fraction of sp³-hybridized carbons (Fsp3) is 0.688. The Morgan fingerprint density at radius 2 is 2.00 bits per heavy atom. The maximum absolute atomic E-state index is 12.2. The molecular formula is C16H27ClN2O2S. The van der Waals surface area contributed by atoms with Crippen molar-refractivity contribution in [3.63, 3.8) is 0 Å². The lowest BCUT2D eigenvalue weighted by molar-refractivity contribution is 0.0192. The molecule has 22 heavy (non-hydrogen) atoms. The third-order valence-corrected chi connectivity index (χ3v) is 4.49. The third-order valence-electron chi connectivity index (χ3n) is 3.08. The van der Waals surface area contributed by atoms with Gasteiger partial charge in [-0.1, -0.05) is 11.6 Å². The first kappa shape index (κ1) is 19.3. The van der Waals surface area contributed by atoms with Crippen LogP contribution in [0.15, 0.2) is 12.1 Å². The first-order valence-corrected chi connectivity index (χ1v) is 8.78. The highest BCUT2D eigenvalue weighted by Crippen LogP contribution is 2.26. The van der Waals surface area contributed by atoms with E-state index in [9.17, 15) is 4.79 Å². The van der Waals surface area contributed by atoms with Gasteiger partial charge in [-0.2, -0.15) is 0 Å². The zero-order valence-corrected chi connectivity index (χ0v) is 15.8. The molecule has 0 aliphatic heterocycles. The molecule has 1 aromatic rings. The van der Waals surface area contributed by atoms with Crippen LogP contribution in [0.3, 0.4) is 0 Å². The van der Waals surface area contributed by atoms with Crippen molar-refractivity contribution in [3.05, 3.63) is 21.3 Å². The van der Waals surface area contributed by atoms with Crippen molar-refractivity contribution in [1.82, 2.24) is 10.2 Å². The smallest absolute Gasteiger partial charge is 0.410 e. The molecular weight excluding hydrogens is 320 g/mol. The number of thiophene rings is 1. The second kappa shape index (κ2) is 8.18. The number of ether oxygens (including phenoxy) is 1. The number of rotatable bonds is 6. The van der Waals surface area contributed by atoms with E-state index in [-0.39, 0.29) is 18.2 Å². The zero-order valence-electron chi connectivity index (χ0n) is 14.3. The summed E-state index contributed by atoms with van der Waals surface area (Å²) in [5.74, 6) is 0. The molecule has 0 saturated carbocycles. The molecule has 1 unspecified atom stereocenters. The molecule has 1 rings (SSSR count). The molecule has 1 atom stereocenters. The van der Waals surface area contributed by atoms with Crippen molar-refractivity contribution in [1.29, 1.82) is 0 Å². The van der Waals surface area contributed by atoms with Gasteiger partial charge in [0.1, 0.15) is 5.60 Å². The van der Waals surface area contributed by atoms with E-state index in [0.717, 1.165) is 4.34 Å². The Hall–Kier alpha value is -0.780. The van der Waals surface area contributed by atoms with Crippen molar-refractivity contribution in [2.75, 3.05) is 13.1 Å². The second-order valence-electron chi connectivity index (χ2n) is 6.59. The number of hydrogen-bond acceptors (Lipinski definition) is 4. The number of nitrogens with one attached hydrogen (secondary N) is 1. The minimum Gasteiger partial charge on any atom is -0.444 e. The van der Waals surface area contributed by atoms with Gasteiger partial charge in [-0.15, -0.1) is 11.3 Å². The third kappa shape index (κ3) is 6.55. The van der Waals surface area contributed by atoms with E-state index in [2.05, 4.69) is 12.2 Å². The molecule has 1 N–H and O–H groups in total. The predicted octanol–water partition coefficient (Wildman–Crippen LogP) is 4.70. The van der Waals surface area contributed by atoms with Crippen LogP contribution in [0.25, 0.3) is 0 Å². The quantitative estimate of drug-likeness (QED) is 0.811. The Labute approximate surface area is 142 Å². The Morgan fingerprint density at radius 3 is 2.45 bits per heavy atom. The summed E-state index contributed by atoms with van der Waals surface area (Å²) < 4.78 is 6.24. The summed E-state index contributed by atoms with van der Waals surface area (Å²) in [6, 6.07) is 4.24. The summed E-state index contributed by atoms with van der Waals surface area (Å²) in [5, 5.41) is 3.42. The van der Waals surface area contributed by atoms with Gasteiger partial charge in [0.15, 0.2) is 0 Å². The minimum atomic E-state index is -0.474. The molecule has 6 heteroatoms. The molecule has 1 aromatic heterocycles. The van der Waals surface area contributed by atoms with Crippen LogP contribution in [0.4, 0.5) is 4.79 Å². The van der Waals surface area contributed by atoms with Gasteiger partial charge in [0, 0.05) is 30.1 Å². The molecule has 0 bridgehead atoms. The molecule has 0 saturated heterocycles. The molecule has 4 nitrogen and oxygen atoms in total. The summed E-state index contributed by atoms with van der Waals surface area (Å²) in [7, 11) is 0. The average molecular weight is 347 g/mol. The van der Waals surface area contributed by atoms with Gasteiger partial charge in [0.25, 0.3) is 0 Å². The van der Waals surface area contributed by atoms with E-state index in [1.165, 1.54) is 4.88 Å². The molecule has 0 aliphatic carbocycles. The Balaban J connectivity index is 2.49. The first-order chi connectivity index (χ1) is 10.1. The second-order valence-corrected chi connectivity index (χ2v) is 8.33. The van der Waals surface area contributed by atoms with Gasteiger partial charge < -0.3 is 15.0 Å². The van der Waals surface area contributed by atoms with Crippen molar-refractivity contribution >= 4 is 29.0 Å². The summed E-state index contributed by atoms with van der Waals surface area (Å²) in [4.78, 5) is 15.1. The fourth-order valence-corrected chi connectivity index (χ4v) is 3.03. The number of carbonyl (C=O) groups is 1. The van der Waals surface area contributed by atoms with Gasteiger partial charge in [-0.05, 0) is 53.7 Å². The highest BCUT2D eigenvalue weighted by Gasteiger charge is 2.23. The largest absolute Gasteiger partial charge is 0.444 e. The normalized spacial score (nSPS) is 13.3. The Morgan fingerprint density at radius 1 is 1.36 bits per heavy atom. The molecule has 0 spiro atoms. The monoisotopic (exact) mass is 346 g/mol. The molecule has 126 valence electrons. The van der Waals surface area contributed by atoms with E-state index < -0.39 is 5.60 Å². The van der Waals surface area contributed by atoms with Crippen LogP contribution in [0.2, 0.25) is 4.34 Å². The highest BCUT2D eigenvalue weighted by molar-refractivity contribution is 7.16. The molecule has 0 aromatic carbocycles. The topological polar surface area (TPSA) is 41.6 Å². The molecule has 0 aliphatic rings. The van der Waals surface area contributed by atoms with Crippen LogP contribution in [0.1, 0.15) is 52.5 Å². The molecule has 0 radical (unpaired) electrons. The van der Waals surface area contributed by atoms with Gasteiger partial charge >= 0.3 is 6.09 Å². The standard InChI is InChI=1S/C16H27ClN2O2S/c1-11(2)19(15(20)21-16(4,5)6)10-9-18-12(3)13-7-8-14(17)22-13/h7-8,11-12,18H,9-10H2,1-6H3. The van der Waals surface area contributed by atoms with E-state index in [4.69, 9.17) is 16.3 Å². The summed E-state index contributed by atoms with van der Waals surface area (Å²) in [6.45, 7) is 13.0. The van der Waals surface area contributed by atoms with Crippen LogP contribution >= 0.6 is 22.9 Å². The minimum absolute atomic E-state index is 0.100. The number of hydrogen-bond donors (Lipinski definition) is 1. The van der Waals surface area contributed by atoms with Crippen molar-refractivity contribution in [2.45, 2.75) is 59.2 Å². The van der Waals surface area contributed by atoms with Gasteiger partial charge in [-0.3, -0.25) is 0 Å². The van der Waals surface area contributed by atoms with Crippen molar-refractivity contribution < 1.29 is 9.53 Å². The summed E-state index contributed by atoms with van der Waals surface area (Å²) in [6.07, 6.45) is -0.267. The van der Waals surface area contributed by atoms with Crippen LogP contribution in [-0.2, 0) is 4.74 Å². The molecule has 1 amide bonds. The lowest BCUT2D eigenvalue weighted by Crippen LogP contribution is -2.44. The van der Waals surface area contributed by atoms with Crippen molar-refractivity contribution in [2.24, 2.45) is 0 Å². The molecule has 1 heterocycles. The number of carbonyl (C=O) groups excluding carboxylic acids is 1. The first-order valence-electron chi connectivity index (χ1n) is 7.58. The average Bonchev–Trinajstić information content (AvgIpc) is 2.78. The van der Waals surface area contributed by atoms with Crippen LogP contribution in [0, 0.1) is 0 Å². The Kier molecular flexibility index (Phi) is 7.16. The van der Waals surface area contributed by atoms with Crippen LogP contribution < -0.4 is 5.32 Å². The van der Waals surface area contributed by atoms with Gasteiger partial charge in [-0.25, -0.2) is 4.79 Å². The maximum Gasteiger partial charge on any atom is 0.410 e. The predicted molar refractivity (Wildman–Crippen MR) is 93.8 cm³/mol. The fourth-order valence-electron chi connectivity index (χ4n) is 1.94. The number of nitrogens with zero attached hydrogens (tertiary/aromatic N) is 1. The molecule has 0 fully saturated rings. The summed E-state index contributed by atoms with van der Waals surface area (Å²) in [5.41, 5.74) is -0.474. The van der Waals surface area contributed by atoms with Gasteiger partial charge in [0.2, 0.25) is 0 Å². The van der Waals surface area contributed by atoms with Crippen molar-refractivity contribution in [3.8, 4) is 0 Å². The summed E-state index contributed by atoms with van der Waals surface area (Å²) >= 11 is 7.53. The van der Waals surface area contributed by atoms with Crippen LogP contribution in [0.5, 0.6) is 0 Å². The Bertz CT molecular complexity index is 483. The highest BCUT2D eigenvalue weighted by atomic mass is 35.5. The van der Waals surface area contributed by atoms with E-state index >= 15 is 0 Å². The van der Waals surface area contributed by atoms with Crippen LogP contribution in [-0.4, -0.2) is 35.7 Å². The lowest BCUT2D eigenvalue weighted by atomic mass is 10.2. The SMILES string of the molecule is CC(NCCN(C(=O)OC(C)(C)C)C(C)C)c1ccc(Cl)s1. The van der Waals surface area contributed by atoms with Gasteiger partial charge in [0.05, 0.1) is 4.34 Å². The van der Waals surface area contributed by atoms with E-state index in [1.54, 1.807) is 16.2 Å². The lowest BCUT2D eigenvalue weighted by Gasteiger charge is -2.30. The number of halogens is 1.